The molecule has 3 rings (SSSR count). The van der Waals surface area contributed by atoms with Crippen molar-refractivity contribution in [2.45, 2.75) is 12.8 Å². The third kappa shape index (κ3) is 1.73. The lowest BCUT2D eigenvalue weighted by atomic mass is 9.87. The highest BCUT2D eigenvalue weighted by Gasteiger charge is 2.45. The molecule has 1 atom stereocenters. The van der Waals surface area contributed by atoms with Crippen molar-refractivity contribution in [3.63, 3.8) is 0 Å². The largest absolute Gasteiger partial charge is 0.324 e. The summed E-state index contributed by atoms with van der Waals surface area (Å²) < 4.78 is 0. The molecule has 1 aromatic carbocycles. The maximum Gasteiger partial charge on any atom is 0.242 e. The fourth-order valence-electron chi connectivity index (χ4n) is 2.18. The highest BCUT2D eigenvalue weighted by atomic mass is 35.5. The molecule has 1 aliphatic carbocycles. The second-order valence-corrected chi connectivity index (χ2v) is 5.09. The highest BCUT2D eigenvalue weighted by molar-refractivity contribution is 6.34. The van der Waals surface area contributed by atoms with Gasteiger partial charge < -0.3 is 5.32 Å². The van der Waals surface area contributed by atoms with Crippen LogP contribution >= 0.6 is 11.6 Å². The predicted octanol–water partition coefficient (Wildman–Crippen LogP) is 2.07. The number of Topliss-reactive ketones (excluding diaryl/α,β-unsaturated/α-hetero) is 2. The van der Waals surface area contributed by atoms with Crippen LogP contribution in [-0.2, 0) is 9.59 Å². The Bertz CT molecular complexity index is 578. The van der Waals surface area contributed by atoms with Crippen LogP contribution in [0.2, 0.25) is 5.02 Å². The second kappa shape index (κ2) is 3.92. The number of ketones is 2. The van der Waals surface area contributed by atoms with E-state index in [9.17, 15) is 14.4 Å². The number of nitrogens with one attached hydrogen (secondary N) is 1. The first kappa shape index (κ1) is 11.4. The Morgan fingerprint density at radius 1 is 1.28 bits per heavy atom. The molecule has 1 unspecified atom stereocenters. The van der Waals surface area contributed by atoms with Crippen molar-refractivity contribution in [1.29, 1.82) is 0 Å². The molecule has 1 aliphatic heterocycles. The van der Waals surface area contributed by atoms with Crippen LogP contribution in [0.1, 0.15) is 23.2 Å². The Hall–Kier alpha value is -1.68. The molecule has 1 aromatic rings. The molecule has 1 heterocycles. The van der Waals surface area contributed by atoms with Gasteiger partial charge in [-0.3, -0.25) is 14.4 Å². The summed E-state index contributed by atoms with van der Waals surface area (Å²) in [7, 11) is 0. The first-order chi connectivity index (χ1) is 8.58. The van der Waals surface area contributed by atoms with Crippen LogP contribution in [-0.4, -0.2) is 17.5 Å². The van der Waals surface area contributed by atoms with Gasteiger partial charge in [-0.25, -0.2) is 0 Å². The van der Waals surface area contributed by atoms with Gasteiger partial charge in [0.2, 0.25) is 5.91 Å². The van der Waals surface area contributed by atoms with Gasteiger partial charge in [0.25, 0.3) is 0 Å². The van der Waals surface area contributed by atoms with E-state index in [0.29, 0.717) is 16.3 Å². The van der Waals surface area contributed by atoms with Gasteiger partial charge >= 0.3 is 0 Å². The fraction of sp³-hybridized carbons (Fsp3) is 0.308. The molecule has 0 aromatic heterocycles. The Morgan fingerprint density at radius 2 is 2.00 bits per heavy atom. The maximum absolute atomic E-state index is 12.2. The van der Waals surface area contributed by atoms with Crippen LogP contribution < -0.4 is 5.32 Å². The van der Waals surface area contributed by atoms with Gasteiger partial charge in [0.1, 0.15) is 0 Å². The van der Waals surface area contributed by atoms with Gasteiger partial charge in [0.05, 0.1) is 5.69 Å². The standard InChI is InChI=1S/C13H10ClNO3/c14-7-3-4-8-9(5-7)15-13(18)10(12(8)17)11(16)6-1-2-6/h3-6,10H,1-2H2,(H,15,18). The third-order valence-electron chi connectivity index (χ3n) is 3.29. The number of carbonyl (C=O) groups is 3. The minimum Gasteiger partial charge on any atom is -0.324 e. The van der Waals surface area contributed by atoms with Crippen LogP contribution in [0.5, 0.6) is 0 Å². The first-order valence-corrected chi connectivity index (χ1v) is 6.14. The zero-order valence-corrected chi connectivity index (χ0v) is 10.2. The van der Waals surface area contributed by atoms with Crippen molar-refractivity contribution < 1.29 is 14.4 Å². The molecule has 0 spiro atoms. The normalized spacial score (nSPS) is 22.4. The molecule has 1 fully saturated rings. The number of anilines is 1. The van der Waals surface area contributed by atoms with Crippen molar-refractivity contribution in [2.75, 3.05) is 5.32 Å². The summed E-state index contributed by atoms with van der Waals surface area (Å²) in [5.74, 6) is -2.49. The summed E-state index contributed by atoms with van der Waals surface area (Å²) in [5.41, 5.74) is 0.746. The highest BCUT2D eigenvalue weighted by Crippen LogP contribution is 2.36. The summed E-state index contributed by atoms with van der Waals surface area (Å²) in [6, 6.07) is 4.64. The van der Waals surface area contributed by atoms with E-state index in [-0.39, 0.29) is 11.7 Å². The van der Waals surface area contributed by atoms with Gasteiger partial charge in [0.15, 0.2) is 17.5 Å². The number of halogens is 1. The number of fused-ring (bicyclic) bond motifs is 1. The van der Waals surface area contributed by atoms with Crippen LogP contribution in [0, 0.1) is 11.8 Å². The topological polar surface area (TPSA) is 63.2 Å². The smallest absolute Gasteiger partial charge is 0.242 e. The van der Waals surface area contributed by atoms with E-state index in [4.69, 9.17) is 11.6 Å². The maximum atomic E-state index is 12.2. The Morgan fingerprint density at radius 3 is 2.67 bits per heavy atom. The zero-order chi connectivity index (χ0) is 12.9. The van der Waals surface area contributed by atoms with E-state index in [0.717, 1.165) is 12.8 Å². The molecule has 1 amide bonds. The van der Waals surface area contributed by atoms with Crippen molar-refractivity contribution in [3.05, 3.63) is 28.8 Å². The van der Waals surface area contributed by atoms with Crippen LogP contribution in [0.15, 0.2) is 18.2 Å². The first-order valence-electron chi connectivity index (χ1n) is 5.76. The SMILES string of the molecule is O=C1Nc2cc(Cl)ccc2C(=O)C1C(=O)C1CC1. The van der Waals surface area contributed by atoms with Gasteiger partial charge in [-0.1, -0.05) is 11.6 Å². The molecule has 2 aliphatic rings. The minimum atomic E-state index is -1.17. The number of amides is 1. The number of hydrogen-bond donors (Lipinski definition) is 1. The summed E-state index contributed by atoms with van der Waals surface area (Å²) in [6.45, 7) is 0. The second-order valence-electron chi connectivity index (χ2n) is 4.65. The number of carbonyl (C=O) groups excluding carboxylic acids is 3. The van der Waals surface area contributed by atoms with Gasteiger partial charge in [-0.2, -0.15) is 0 Å². The van der Waals surface area contributed by atoms with Crippen LogP contribution in [0.4, 0.5) is 5.69 Å². The molecule has 4 nitrogen and oxygen atoms in total. The van der Waals surface area contributed by atoms with E-state index in [1.54, 1.807) is 12.1 Å². The fourth-order valence-corrected chi connectivity index (χ4v) is 2.35. The minimum absolute atomic E-state index is 0.112. The Balaban J connectivity index is 2.01. The molecule has 18 heavy (non-hydrogen) atoms. The predicted molar refractivity (Wildman–Crippen MR) is 65.6 cm³/mol. The number of hydrogen-bond acceptors (Lipinski definition) is 3. The van der Waals surface area contributed by atoms with Crippen LogP contribution in [0.25, 0.3) is 0 Å². The number of benzene rings is 1. The van der Waals surface area contributed by atoms with Crippen molar-refractivity contribution in [1.82, 2.24) is 0 Å². The molecular weight excluding hydrogens is 254 g/mol. The molecule has 92 valence electrons. The molecule has 0 bridgehead atoms. The van der Waals surface area contributed by atoms with E-state index in [1.165, 1.54) is 6.07 Å². The summed E-state index contributed by atoms with van der Waals surface area (Å²) >= 11 is 5.80. The van der Waals surface area contributed by atoms with Gasteiger partial charge in [-0.15, -0.1) is 0 Å². The van der Waals surface area contributed by atoms with E-state index >= 15 is 0 Å². The summed E-state index contributed by atoms with van der Waals surface area (Å²) in [6.07, 6.45) is 1.56. The zero-order valence-electron chi connectivity index (χ0n) is 9.40. The molecule has 1 N–H and O–H groups in total. The lowest BCUT2D eigenvalue weighted by molar-refractivity contribution is -0.130. The molecule has 1 saturated carbocycles. The van der Waals surface area contributed by atoms with Gasteiger partial charge in [0, 0.05) is 16.5 Å². The van der Waals surface area contributed by atoms with E-state index in [2.05, 4.69) is 5.32 Å². The lowest BCUT2D eigenvalue weighted by Crippen LogP contribution is -2.41. The lowest BCUT2D eigenvalue weighted by Gasteiger charge is -2.22. The molecule has 0 radical (unpaired) electrons. The van der Waals surface area contributed by atoms with Crippen LogP contribution in [0.3, 0.4) is 0 Å². The molecule has 0 saturated heterocycles. The summed E-state index contributed by atoms with van der Waals surface area (Å²) in [5, 5.41) is 3.02. The van der Waals surface area contributed by atoms with Gasteiger partial charge in [-0.05, 0) is 31.0 Å². The Kier molecular flexibility index (Phi) is 2.48. The van der Waals surface area contributed by atoms with E-state index < -0.39 is 17.6 Å². The van der Waals surface area contributed by atoms with Crippen molar-refractivity contribution >= 4 is 34.8 Å². The average molecular weight is 264 g/mol. The van der Waals surface area contributed by atoms with Crippen molar-refractivity contribution in [2.24, 2.45) is 11.8 Å². The monoisotopic (exact) mass is 263 g/mol. The third-order valence-corrected chi connectivity index (χ3v) is 3.53. The quantitative estimate of drug-likeness (QED) is 0.831. The number of rotatable bonds is 2. The molecular formula is C13H10ClNO3. The Labute approximate surface area is 108 Å². The molecule has 5 heteroatoms. The van der Waals surface area contributed by atoms with E-state index in [1.807, 2.05) is 0 Å². The van der Waals surface area contributed by atoms with Crippen molar-refractivity contribution in [3.8, 4) is 0 Å². The average Bonchev–Trinajstić information content (AvgIpc) is 3.11. The summed E-state index contributed by atoms with van der Waals surface area (Å²) in [4.78, 5) is 36.0.